The molecule has 0 aromatic heterocycles. The second-order valence-corrected chi connectivity index (χ2v) is 5.80. The molecule has 0 aliphatic rings. The molecule has 0 radical (unpaired) electrons. The fourth-order valence-corrected chi connectivity index (χ4v) is 2.37. The van der Waals surface area contributed by atoms with Gasteiger partial charge in [0.05, 0.1) is 0 Å². The summed E-state index contributed by atoms with van der Waals surface area (Å²) in [6.07, 6.45) is -1.72. The van der Waals surface area contributed by atoms with E-state index < -0.39 is 23.5 Å². The first-order valence-corrected chi connectivity index (χ1v) is 7.49. The highest BCUT2D eigenvalue weighted by Crippen LogP contribution is 2.17. The summed E-state index contributed by atoms with van der Waals surface area (Å²) in [5, 5.41) is 10.5. The zero-order valence-electron chi connectivity index (χ0n) is 13.1. The lowest BCUT2D eigenvalue weighted by Gasteiger charge is -2.11. The van der Waals surface area contributed by atoms with Crippen molar-refractivity contribution in [3.63, 3.8) is 0 Å². The smallest absolute Gasteiger partial charge is 0.166 e. The van der Waals surface area contributed by atoms with E-state index in [1.54, 1.807) is 18.2 Å². The van der Waals surface area contributed by atoms with Crippen LogP contribution in [0.1, 0.15) is 27.9 Å². The molecule has 0 unspecified atom stereocenters. The first-order valence-electron chi connectivity index (χ1n) is 7.11. The standard InChI is InChI=1S/C18H16ClFO3.H2S/c1-11-2-5-14(19)8-13(11)9-17(22)18(23)10-16(21)12-3-6-15(20)7-4-12;/h2-8,18,23H,9-10H2,1H3;1H2/t18-;/m0./s1. The number of carbonyl (C=O) groups is 2. The largest absolute Gasteiger partial charge is 0.385 e. The van der Waals surface area contributed by atoms with Crippen LogP contribution in [0.15, 0.2) is 42.5 Å². The van der Waals surface area contributed by atoms with Gasteiger partial charge in [0.2, 0.25) is 0 Å². The maximum Gasteiger partial charge on any atom is 0.166 e. The Hall–Kier alpha value is -1.69. The van der Waals surface area contributed by atoms with Gasteiger partial charge in [-0.1, -0.05) is 17.7 Å². The molecule has 0 aliphatic carbocycles. The van der Waals surface area contributed by atoms with Gasteiger partial charge in [0.1, 0.15) is 11.9 Å². The second kappa shape index (κ2) is 8.97. The van der Waals surface area contributed by atoms with Crippen LogP contribution in [0.4, 0.5) is 4.39 Å². The Morgan fingerprint density at radius 3 is 2.42 bits per heavy atom. The molecule has 1 N–H and O–H groups in total. The van der Waals surface area contributed by atoms with Crippen molar-refractivity contribution in [2.24, 2.45) is 0 Å². The maximum atomic E-state index is 12.8. The van der Waals surface area contributed by atoms with E-state index in [2.05, 4.69) is 0 Å². The monoisotopic (exact) mass is 368 g/mol. The number of Topliss-reactive ketones (excluding diaryl/α,β-unsaturated/α-hetero) is 2. The van der Waals surface area contributed by atoms with Crippen molar-refractivity contribution in [3.05, 3.63) is 70.0 Å². The number of aliphatic hydroxyl groups excluding tert-OH is 1. The third-order valence-electron chi connectivity index (χ3n) is 3.59. The minimum absolute atomic E-state index is 0. The Morgan fingerprint density at radius 1 is 1.17 bits per heavy atom. The number of aryl methyl sites for hydroxylation is 1. The molecule has 24 heavy (non-hydrogen) atoms. The summed E-state index contributed by atoms with van der Waals surface area (Å²) in [6, 6.07) is 10.2. The molecule has 2 rings (SSSR count). The van der Waals surface area contributed by atoms with E-state index >= 15 is 0 Å². The molecule has 0 bridgehead atoms. The zero-order valence-corrected chi connectivity index (χ0v) is 14.8. The van der Waals surface area contributed by atoms with Crippen LogP contribution in [0, 0.1) is 12.7 Å². The number of ketones is 2. The van der Waals surface area contributed by atoms with Crippen LogP contribution in [0.25, 0.3) is 0 Å². The van der Waals surface area contributed by atoms with Crippen molar-refractivity contribution < 1.29 is 19.1 Å². The van der Waals surface area contributed by atoms with Crippen molar-refractivity contribution in [1.82, 2.24) is 0 Å². The Kier molecular flexibility index (Phi) is 7.60. The number of rotatable bonds is 6. The predicted molar refractivity (Wildman–Crippen MR) is 96.6 cm³/mol. The van der Waals surface area contributed by atoms with Crippen LogP contribution >= 0.6 is 25.1 Å². The number of hydrogen-bond donors (Lipinski definition) is 1. The van der Waals surface area contributed by atoms with E-state index in [0.717, 1.165) is 23.3 Å². The fourth-order valence-electron chi connectivity index (χ4n) is 2.18. The quantitative estimate of drug-likeness (QED) is 0.792. The summed E-state index contributed by atoms with van der Waals surface area (Å²) >= 11 is 5.90. The molecule has 0 saturated carbocycles. The average Bonchev–Trinajstić information content (AvgIpc) is 2.51. The summed E-state index contributed by atoms with van der Waals surface area (Å²) in [7, 11) is 0. The molecule has 0 amide bonds. The molecule has 1 atom stereocenters. The minimum Gasteiger partial charge on any atom is -0.385 e. The van der Waals surface area contributed by atoms with Gasteiger partial charge in [-0.3, -0.25) is 9.59 Å². The van der Waals surface area contributed by atoms with Crippen molar-refractivity contribution in [3.8, 4) is 0 Å². The summed E-state index contributed by atoms with van der Waals surface area (Å²) in [5.74, 6) is -1.31. The van der Waals surface area contributed by atoms with Crippen LogP contribution in [0.5, 0.6) is 0 Å². The molecule has 0 aliphatic heterocycles. The van der Waals surface area contributed by atoms with Crippen LogP contribution < -0.4 is 0 Å². The molecule has 3 nitrogen and oxygen atoms in total. The number of halogens is 2. The summed E-state index contributed by atoms with van der Waals surface area (Å²) in [4.78, 5) is 24.1. The van der Waals surface area contributed by atoms with Crippen LogP contribution in [-0.4, -0.2) is 22.8 Å². The molecule has 6 heteroatoms. The van der Waals surface area contributed by atoms with E-state index in [9.17, 15) is 19.1 Å². The Balaban J connectivity index is 0.00000288. The Morgan fingerprint density at radius 2 is 1.79 bits per heavy atom. The number of aliphatic hydroxyl groups is 1. The van der Waals surface area contributed by atoms with Gasteiger partial charge in [-0.05, 0) is 54.4 Å². The normalized spacial score (nSPS) is 11.5. The van der Waals surface area contributed by atoms with Gasteiger partial charge < -0.3 is 5.11 Å². The highest BCUT2D eigenvalue weighted by atomic mass is 35.5. The number of carbonyl (C=O) groups excluding carboxylic acids is 2. The van der Waals surface area contributed by atoms with Gasteiger partial charge in [0, 0.05) is 23.4 Å². The van der Waals surface area contributed by atoms with Crippen molar-refractivity contribution in [1.29, 1.82) is 0 Å². The minimum atomic E-state index is -1.40. The van der Waals surface area contributed by atoms with E-state index in [4.69, 9.17) is 11.6 Å². The molecular formula is C18H18ClFO3S. The molecule has 0 heterocycles. The lowest BCUT2D eigenvalue weighted by atomic mass is 9.97. The van der Waals surface area contributed by atoms with Crippen LogP contribution in [-0.2, 0) is 11.2 Å². The summed E-state index contributed by atoms with van der Waals surface area (Å²) in [5.41, 5.74) is 1.87. The summed E-state index contributed by atoms with van der Waals surface area (Å²) in [6.45, 7) is 1.84. The van der Waals surface area contributed by atoms with Crippen LogP contribution in [0.3, 0.4) is 0 Å². The Bertz CT molecular complexity index is 732. The fraction of sp³-hybridized carbons (Fsp3) is 0.222. The van der Waals surface area contributed by atoms with E-state index in [0.29, 0.717) is 5.02 Å². The highest BCUT2D eigenvalue weighted by Gasteiger charge is 2.20. The molecule has 0 saturated heterocycles. The first-order chi connectivity index (χ1) is 10.9. The topological polar surface area (TPSA) is 54.4 Å². The molecule has 0 fully saturated rings. The van der Waals surface area contributed by atoms with Gasteiger partial charge in [-0.2, -0.15) is 13.5 Å². The van der Waals surface area contributed by atoms with Crippen molar-refractivity contribution in [2.45, 2.75) is 25.9 Å². The summed E-state index contributed by atoms with van der Waals surface area (Å²) < 4.78 is 12.8. The van der Waals surface area contributed by atoms with Gasteiger partial charge >= 0.3 is 0 Å². The second-order valence-electron chi connectivity index (χ2n) is 5.36. The molecule has 2 aromatic rings. The molecular weight excluding hydrogens is 351 g/mol. The molecule has 2 aromatic carbocycles. The van der Waals surface area contributed by atoms with Crippen LogP contribution in [0.2, 0.25) is 5.02 Å². The number of benzene rings is 2. The predicted octanol–water partition coefficient (Wildman–Crippen LogP) is 3.65. The first kappa shape index (κ1) is 20.4. The highest BCUT2D eigenvalue weighted by molar-refractivity contribution is 7.59. The van der Waals surface area contributed by atoms with E-state index in [1.165, 1.54) is 12.1 Å². The zero-order chi connectivity index (χ0) is 17.0. The van der Waals surface area contributed by atoms with Gasteiger partial charge in [-0.15, -0.1) is 0 Å². The van der Waals surface area contributed by atoms with Crippen molar-refractivity contribution in [2.75, 3.05) is 0 Å². The van der Waals surface area contributed by atoms with Crippen molar-refractivity contribution >= 4 is 36.7 Å². The lowest BCUT2D eigenvalue weighted by molar-refractivity contribution is -0.126. The number of hydrogen-bond acceptors (Lipinski definition) is 3. The molecule has 128 valence electrons. The third-order valence-corrected chi connectivity index (χ3v) is 3.83. The Labute approximate surface area is 151 Å². The van der Waals surface area contributed by atoms with Gasteiger partial charge in [0.15, 0.2) is 11.6 Å². The van der Waals surface area contributed by atoms with E-state index in [1.807, 2.05) is 6.92 Å². The van der Waals surface area contributed by atoms with Gasteiger partial charge in [0.25, 0.3) is 0 Å². The van der Waals surface area contributed by atoms with E-state index in [-0.39, 0.29) is 31.9 Å². The van der Waals surface area contributed by atoms with Gasteiger partial charge in [-0.25, -0.2) is 4.39 Å². The lowest BCUT2D eigenvalue weighted by Crippen LogP contribution is -2.25. The average molecular weight is 369 g/mol. The third kappa shape index (κ3) is 5.44. The SMILES string of the molecule is Cc1ccc(Cl)cc1CC(=O)[C@@H](O)CC(=O)c1ccc(F)cc1.S. The maximum absolute atomic E-state index is 12.8. The molecule has 0 spiro atoms.